The third kappa shape index (κ3) is 2.66. The predicted octanol–water partition coefficient (Wildman–Crippen LogP) is 4.85. The summed E-state index contributed by atoms with van der Waals surface area (Å²) >= 11 is 5.85. The number of rotatable bonds is 3. The van der Waals surface area contributed by atoms with Crippen LogP contribution in [-0.4, -0.2) is 15.4 Å². The van der Waals surface area contributed by atoms with Crippen LogP contribution in [0.4, 0.5) is 8.78 Å². The summed E-state index contributed by atoms with van der Waals surface area (Å²) in [6, 6.07) is 2.88. The molecule has 1 aromatic heterocycles. The van der Waals surface area contributed by atoms with Gasteiger partial charge in [0, 0.05) is 18.3 Å². The number of aryl methyl sites for hydroxylation is 1. The Morgan fingerprint density at radius 2 is 2.14 bits per heavy atom. The lowest BCUT2D eigenvalue weighted by molar-refractivity contribution is 0.281. The van der Waals surface area contributed by atoms with Crippen molar-refractivity contribution in [3.8, 4) is 0 Å². The molecule has 2 aromatic rings. The minimum atomic E-state index is -0.815. The topological polar surface area (TPSA) is 17.8 Å². The molecule has 0 bridgehead atoms. The van der Waals surface area contributed by atoms with E-state index in [1.165, 1.54) is 6.42 Å². The van der Waals surface area contributed by atoms with Gasteiger partial charge in [-0.25, -0.2) is 13.8 Å². The van der Waals surface area contributed by atoms with E-state index >= 15 is 0 Å². The van der Waals surface area contributed by atoms with Gasteiger partial charge in [0.15, 0.2) is 11.6 Å². The average molecular weight is 313 g/mol. The summed E-state index contributed by atoms with van der Waals surface area (Å²) in [4.78, 5) is 4.48. The van der Waals surface area contributed by atoms with Gasteiger partial charge >= 0.3 is 0 Å². The number of alkyl halides is 1. The van der Waals surface area contributed by atoms with Crippen LogP contribution in [0, 0.1) is 17.6 Å². The van der Waals surface area contributed by atoms with Crippen LogP contribution in [0.1, 0.15) is 44.5 Å². The number of hydrogen-bond donors (Lipinski definition) is 0. The van der Waals surface area contributed by atoms with Crippen molar-refractivity contribution < 1.29 is 8.78 Å². The average Bonchev–Trinajstić information content (AvgIpc) is 2.82. The molecule has 1 aliphatic carbocycles. The van der Waals surface area contributed by atoms with Crippen LogP contribution in [-0.2, 0) is 6.42 Å². The highest BCUT2D eigenvalue weighted by Crippen LogP contribution is 2.36. The lowest BCUT2D eigenvalue weighted by Gasteiger charge is -2.29. The first kappa shape index (κ1) is 14.8. The van der Waals surface area contributed by atoms with Gasteiger partial charge in [-0.1, -0.05) is 19.8 Å². The number of nitrogens with zero attached hydrogens (tertiary/aromatic N) is 2. The molecule has 1 fully saturated rings. The maximum Gasteiger partial charge on any atom is 0.184 e. The first-order valence-electron chi connectivity index (χ1n) is 7.52. The molecule has 0 spiro atoms. The van der Waals surface area contributed by atoms with Crippen molar-refractivity contribution in [3.05, 3.63) is 29.6 Å². The summed E-state index contributed by atoms with van der Waals surface area (Å²) in [5.41, 5.74) is 0.821. The second kappa shape index (κ2) is 5.91. The molecule has 1 aliphatic rings. The predicted molar refractivity (Wildman–Crippen MR) is 80.7 cm³/mol. The maximum atomic E-state index is 14.3. The van der Waals surface area contributed by atoms with E-state index in [4.69, 9.17) is 11.6 Å². The molecule has 1 heterocycles. The number of benzene rings is 1. The third-order valence-corrected chi connectivity index (χ3v) is 4.60. The second-order valence-corrected chi connectivity index (χ2v) is 6.37. The zero-order chi connectivity index (χ0) is 15.0. The Morgan fingerprint density at radius 1 is 1.33 bits per heavy atom. The van der Waals surface area contributed by atoms with Crippen LogP contribution in [0.3, 0.4) is 0 Å². The molecule has 0 amide bonds. The maximum absolute atomic E-state index is 14.3. The fraction of sp³-hybridized carbons (Fsp3) is 0.562. The van der Waals surface area contributed by atoms with Gasteiger partial charge in [0.1, 0.15) is 11.3 Å². The van der Waals surface area contributed by atoms with Gasteiger partial charge in [-0.3, -0.25) is 0 Å². The van der Waals surface area contributed by atoms with E-state index in [1.54, 1.807) is 6.07 Å². The van der Waals surface area contributed by atoms with E-state index in [0.29, 0.717) is 29.3 Å². The summed E-state index contributed by atoms with van der Waals surface area (Å²) in [6.45, 7) is 2.21. The Labute approximate surface area is 128 Å². The smallest absolute Gasteiger partial charge is 0.184 e. The van der Waals surface area contributed by atoms with Crippen molar-refractivity contribution in [3.63, 3.8) is 0 Å². The van der Waals surface area contributed by atoms with Gasteiger partial charge in [-0.05, 0) is 30.9 Å². The van der Waals surface area contributed by atoms with Gasteiger partial charge in [-0.2, -0.15) is 0 Å². The first-order valence-corrected chi connectivity index (χ1v) is 8.06. The molecule has 1 saturated carbocycles. The summed E-state index contributed by atoms with van der Waals surface area (Å²) in [6.07, 6.45) is 4.85. The molecule has 0 radical (unpaired) electrons. The van der Waals surface area contributed by atoms with E-state index in [0.717, 1.165) is 31.2 Å². The van der Waals surface area contributed by atoms with Crippen molar-refractivity contribution in [1.29, 1.82) is 0 Å². The lowest BCUT2D eigenvalue weighted by Crippen LogP contribution is -2.20. The Hall–Kier alpha value is -1.16. The fourth-order valence-electron chi connectivity index (χ4n) is 3.46. The van der Waals surface area contributed by atoms with Crippen LogP contribution in [0.25, 0.3) is 11.0 Å². The Bertz CT molecular complexity index is 653. The molecule has 5 heteroatoms. The minimum Gasteiger partial charge on any atom is -0.322 e. The molecule has 114 valence electrons. The largest absolute Gasteiger partial charge is 0.322 e. The van der Waals surface area contributed by atoms with Crippen molar-refractivity contribution >= 4 is 22.6 Å². The normalized spacial score (nSPS) is 22.9. The van der Waals surface area contributed by atoms with Crippen molar-refractivity contribution in [2.75, 3.05) is 5.88 Å². The summed E-state index contributed by atoms with van der Waals surface area (Å²) in [7, 11) is 0. The van der Waals surface area contributed by atoms with Crippen molar-refractivity contribution in [1.82, 2.24) is 9.55 Å². The molecule has 0 aliphatic heterocycles. The summed E-state index contributed by atoms with van der Waals surface area (Å²) < 4.78 is 29.8. The lowest BCUT2D eigenvalue weighted by atomic mass is 9.86. The zero-order valence-electron chi connectivity index (χ0n) is 12.1. The van der Waals surface area contributed by atoms with Gasteiger partial charge < -0.3 is 4.57 Å². The molecule has 2 nitrogen and oxygen atoms in total. The van der Waals surface area contributed by atoms with E-state index in [2.05, 4.69) is 11.9 Å². The molecule has 0 saturated heterocycles. The summed E-state index contributed by atoms with van der Waals surface area (Å²) in [5, 5.41) is 0. The number of fused-ring (bicyclic) bond motifs is 1. The molecule has 1 aromatic carbocycles. The van der Waals surface area contributed by atoms with E-state index in [1.807, 2.05) is 4.57 Å². The molecule has 3 rings (SSSR count). The van der Waals surface area contributed by atoms with Crippen LogP contribution >= 0.6 is 11.6 Å². The van der Waals surface area contributed by atoms with Gasteiger partial charge in [-0.15, -0.1) is 11.6 Å². The van der Waals surface area contributed by atoms with Crippen LogP contribution in [0.15, 0.2) is 12.1 Å². The monoisotopic (exact) mass is 312 g/mol. The number of hydrogen-bond acceptors (Lipinski definition) is 1. The summed E-state index contributed by atoms with van der Waals surface area (Å²) in [5.74, 6) is 0.185. The Kier molecular flexibility index (Phi) is 4.16. The van der Waals surface area contributed by atoms with Crippen LogP contribution < -0.4 is 0 Å². The molecule has 0 N–H and O–H groups in total. The minimum absolute atomic E-state index is 0.188. The van der Waals surface area contributed by atoms with Gasteiger partial charge in [0.05, 0.1) is 5.52 Å². The van der Waals surface area contributed by atoms with Gasteiger partial charge in [0.25, 0.3) is 0 Å². The Morgan fingerprint density at radius 3 is 2.86 bits per heavy atom. The quantitative estimate of drug-likeness (QED) is 0.741. The fourth-order valence-corrected chi connectivity index (χ4v) is 3.63. The number of halogens is 3. The molecular weight excluding hydrogens is 294 g/mol. The highest BCUT2D eigenvalue weighted by Gasteiger charge is 2.26. The molecule has 2 unspecified atom stereocenters. The van der Waals surface area contributed by atoms with E-state index in [-0.39, 0.29) is 6.04 Å². The number of imidazole rings is 1. The molecule has 21 heavy (non-hydrogen) atoms. The SMILES string of the molecule is CC1CCCC(n2c(CCCl)nc3ccc(F)c(F)c32)C1. The number of aromatic nitrogens is 2. The van der Waals surface area contributed by atoms with E-state index < -0.39 is 11.6 Å². The van der Waals surface area contributed by atoms with Crippen molar-refractivity contribution in [2.45, 2.75) is 45.1 Å². The van der Waals surface area contributed by atoms with Gasteiger partial charge in [0.2, 0.25) is 0 Å². The highest BCUT2D eigenvalue weighted by molar-refractivity contribution is 6.17. The molecule has 2 atom stereocenters. The highest BCUT2D eigenvalue weighted by atomic mass is 35.5. The first-order chi connectivity index (χ1) is 10.1. The van der Waals surface area contributed by atoms with Crippen molar-refractivity contribution in [2.24, 2.45) is 5.92 Å². The second-order valence-electron chi connectivity index (χ2n) is 5.99. The standard InChI is InChI=1S/C16H19ClF2N2/c1-10-3-2-4-11(9-10)21-14(7-8-17)20-13-6-5-12(18)15(19)16(13)21/h5-6,10-11H,2-4,7-9H2,1H3. The van der Waals surface area contributed by atoms with E-state index in [9.17, 15) is 8.78 Å². The van der Waals surface area contributed by atoms with Crippen LogP contribution in [0.2, 0.25) is 0 Å². The zero-order valence-corrected chi connectivity index (χ0v) is 12.8. The molecular formula is C16H19ClF2N2. The Balaban J connectivity index is 2.17. The third-order valence-electron chi connectivity index (χ3n) is 4.41. The van der Waals surface area contributed by atoms with Crippen LogP contribution in [0.5, 0.6) is 0 Å².